The van der Waals surface area contributed by atoms with Gasteiger partial charge in [0.15, 0.2) is 0 Å². The molecule has 0 radical (unpaired) electrons. The molecule has 0 aromatic heterocycles. The van der Waals surface area contributed by atoms with E-state index in [1.54, 1.807) is 0 Å². The van der Waals surface area contributed by atoms with Gasteiger partial charge in [0.1, 0.15) is 5.57 Å². The van der Waals surface area contributed by atoms with Crippen LogP contribution in [0.1, 0.15) is 5.56 Å². The summed E-state index contributed by atoms with van der Waals surface area (Å²) in [6, 6.07) is 4.61. The van der Waals surface area contributed by atoms with Gasteiger partial charge in [0, 0.05) is 5.02 Å². The van der Waals surface area contributed by atoms with Crippen LogP contribution in [0.4, 0.5) is 13.2 Å². The third-order valence-corrected chi connectivity index (χ3v) is 1.95. The highest BCUT2D eigenvalue weighted by atomic mass is 35.5. The zero-order valence-corrected chi connectivity index (χ0v) is 8.42. The van der Waals surface area contributed by atoms with Gasteiger partial charge < -0.3 is 0 Å². The van der Waals surface area contributed by atoms with E-state index in [9.17, 15) is 23.3 Å². The molecular formula is C9H5ClF3NO2. The third-order valence-electron chi connectivity index (χ3n) is 1.70. The highest BCUT2D eigenvalue weighted by molar-refractivity contribution is 6.30. The van der Waals surface area contributed by atoms with Crippen molar-refractivity contribution < 1.29 is 18.1 Å². The minimum absolute atomic E-state index is 0.0662. The fraction of sp³-hybridized carbons (Fsp3) is 0.111. The summed E-state index contributed by atoms with van der Waals surface area (Å²) < 4.78 is 37.4. The number of nitrogens with zero attached hydrogens (tertiary/aromatic N) is 1. The molecule has 0 bridgehead atoms. The van der Waals surface area contributed by atoms with E-state index in [0.29, 0.717) is 0 Å². The van der Waals surface area contributed by atoms with E-state index in [0.717, 1.165) is 12.1 Å². The molecule has 0 atom stereocenters. The molecule has 1 aromatic rings. The fourth-order valence-corrected chi connectivity index (χ4v) is 1.17. The van der Waals surface area contributed by atoms with Crippen LogP contribution in [0.15, 0.2) is 30.5 Å². The van der Waals surface area contributed by atoms with Crippen molar-refractivity contribution in [3.8, 4) is 0 Å². The smallest absolute Gasteiger partial charge is 0.259 e. The molecule has 86 valence electrons. The Kier molecular flexibility index (Phi) is 3.54. The standard InChI is InChI=1S/C9H5ClF3NO2/c10-7-3-1-6(2-4-7)8(5-14(15)16)9(11,12)13/h1-5H/b8-5+. The first kappa shape index (κ1) is 12.5. The summed E-state index contributed by atoms with van der Waals surface area (Å²) in [6.45, 7) is 0. The molecule has 1 rings (SSSR count). The van der Waals surface area contributed by atoms with Crippen molar-refractivity contribution >= 4 is 17.2 Å². The fourth-order valence-electron chi connectivity index (χ4n) is 1.05. The molecule has 1 aromatic carbocycles. The predicted molar refractivity (Wildman–Crippen MR) is 52.5 cm³/mol. The highest BCUT2D eigenvalue weighted by Gasteiger charge is 2.37. The van der Waals surface area contributed by atoms with Crippen molar-refractivity contribution in [2.75, 3.05) is 0 Å². The second-order valence-corrected chi connectivity index (χ2v) is 3.27. The zero-order chi connectivity index (χ0) is 12.3. The minimum atomic E-state index is -4.78. The van der Waals surface area contributed by atoms with Crippen LogP contribution in [0, 0.1) is 10.1 Å². The monoisotopic (exact) mass is 251 g/mol. The number of rotatable bonds is 2. The Morgan fingerprint density at radius 3 is 2.19 bits per heavy atom. The van der Waals surface area contributed by atoms with Gasteiger partial charge in [-0.05, 0) is 17.7 Å². The number of allylic oxidation sites excluding steroid dienone is 1. The number of alkyl halides is 3. The third kappa shape index (κ3) is 3.23. The lowest BCUT2D eigenvalue weighted by Crippen LogP contribution is -2.12. The van der Waals surface area contributed by atoms with Crippen LogP contribution >= 0.6 is 11.6 Å². The lowest BCUT2D eigenvalue weighted by atomic mass is 10.1. The number of benzene rings is 1. The molecule has 3 nitrogen and oxygen atoms in total. The first-order chi connectivity index (χ1) is 7.30. The predicted octanol–water partition coefficient (Wildman–Crippen LogP) is 3.52. The van der Waals surface area contributed by atoms with Crippen molar-refractivity contribution in [2.45, 2.75) is 6.18 Å². The Morgan fingerprint density at radius 1 is 1.31 bits per heavy atom. The Hall–Kier alpha value is -1.56. The zero-order valence-electron chi connectivity index (χ0n) is 7.66. The molecule has 0 unspecified atom stereocenters. The maximum atomic E-state index is 12.5. The number of hydrogen-bond acceptors (Lipinski definition) is 2. The number of nitro groups is 1. The molecule has 0 N–H and O–H groups in total. The van der Waals surface area contributed by atoms with Gasteiger partial charge in [0.2, 0.25) is 6.20 Å². The van der Waals surface area contributed by atoms with Crippen LogP contribution < -0.4 is 0 Å². The molecule has 16 heavy (non-hydrogen) atoms. The summed E-state index contributed by atoms with van der Waals surface area (Å²) in [5, 5.41) is 10.4. The van der Waals surface area contributed by atoms with Crippen LogP contribution in [0.25, 0.3) is 5.57 Å². The van der Waals surface area contributed by atoms with Gasteiger partial charge in [-0.2, -0.15) is 13.2 Å². The van der Waals surface area contributed by atoms with Gasteiger partial charge in [0.05, 0.1) is 4.92 Å². The van der Waals surface area contributed by atoms with Crippen LogP contribution in [0.5, 0.6) is 0 Å². The maximum Gasteiger partial charge on any atom is 0.422 e. The van der Waals surface area contributed by atoms with Crippen LogP contribution in [0.3, 0.4) is 0 Å². The molecule has 0 aliphatic carbocycles. The van der Waals surface area contributed by atoms with Gasteiger partial charge in [0.25, 0.3) is 0 Å². The van der Waals surface area contributed by atoms with E-state index < -0.39 is 16.7 Å². The lowest BCUT2D eigenvalue weighted by Gasteiger charge is -2.08. The number of halogens is 4. The molecular weight excluding hydrogens is 247 g/mol. The molecule has 0 aliphatic heterocycles. The van der Waals surface area contributed by atoms with Crippen LogP contribution in [0.2, 0.25) is 5.02 Å². The first-order valence-corrected chi connectivity index (χ1v) is 4.37. The molecule has 0 saturated carbocycles. The molecule has 0 saturated heterocycles. The summed E-state index contributed by atoms with van der Waals surface area (Å²) in [4.78, 5) is 8.96. The molecule has 0 spiro atoms. The Morgan fingerprint density at radius 2 is 1.81 bits per heavy atom. The average Bonchev–Trinajstić information content (AvgIpc) is 2.14. The second-order valence-electron chi connectivity index (χ2n) is 2.83. The summed E-state index contributed by atoms with van der Waals surface area (Å²) in [6.07, 6.45) is -4.84. The van der Waals surface area contributed by atoms with Gasteiger partial charge >= 0.3 is 6.18 Å². The van der Waals surface area contributed by atoms with Crippen LogP contribution in [-0.2, 0) is 0 Å². The van der Waals surface area contributed by atoms with E-state index in [1.807, 2.05) is 0 Å². The first-order valence-electron chi connectivity index (χ1n) is 3.99. The molecule has 0 fully saturated rings. The topological polar surface area (TPSA) is 43.1 Å². The Labute approximate surface area is 93.3 Å². The molecule has 7 heteroatoms. The van der Waals surface area contributed by atoms with Gasteiger partial charge in [-0.3, -0.25) is 10.1 Å². The quantitative estimate of drug-likeness (QED) is 0.596. The van der Waals surface area contributed by atoms with Crippen molar-refractivity contribution in [1.82, 2.24) is 0 Å². The summed E-state index contributed by atoms with van der Waals surface area (Å²) in [5.41, 5.74) is -1.61. The van der Waals surface area contributed by atoms with E-state index in [1.165, 1.54) is 12.1 Å². The van der Waals surface area contributed by atoms with Gasteiger partial charge in [-0.15, -0.1) is 0 Å². The minimum Gasteiger partial charge on any atom is -0.259 e. The summed E-state index contributed by atoms with van der Waals surface area (Å²) >= 11 is 5.50. The highest BCUT2D eigenvalue weighted by Crippen LogP contribution is 2.34. The van der Waals surface area contributed by atoms with Crippen molar-refractivity contribution in [2.24, 2.45) is 0 Å². The molecule has 0 amide bonds. The van der Waals surface area contributed by atoms with E-state index in [2.05, 4.69) is 0 Å². The van der Waals surface area contributed by atoms with Crippen molar-refractivity contribution in [3.63, 3.8) is 0 Å². The van der Waals surface area contributed by atoms with E-state index in [-0.39, 0.29) is 16.8 Å². The number of hydrogen-bond donors (Lipinski definition) is 0. The van der Waals surface area contributed by atoms with Gasteiger partial charge in [-0.25, -0.2) is 0 Å². The van der Waals surface area contributed by atoms with Gasteiger partial charge in [-0.1, -0.05) is 23.7 Å². The second kappa shape index (κ2) is 4.52. The van der Waals surface area contributed by atoms with E-state index in [4.69, 9.17) is 11.6 Å². The van der Waals surface area contributed by atoms with E-state index >= 15 is 0 Å². The summed E-state index contributed by atoms with van der Waals surface area (Å²) in [7, 11) is 0. The van der Waals surface area contributed by atoms with Crippen molar-refractivity contribution in [1.29, 1.82) is 0 Å². The normalized spacial score (nSPS) is 12.6. The van der Waals surface area contributed by atoms with Crippen LogP contribution in [-0.4, -0.2) is 11.1 Å². The Balaban J connectivity index is 3.23. The molecule has 0 heterocycles. The van der Waals surface area contributed by atoms with Crippen molar-refractivity contribution in [3.05, 3.63) is 51.2 Å². The summed E-state index contributed by atoms with van der Waals surface area (Å²) in [5.74, 6) is 0. The average molecular weight is 252 g/mol. The Bertz CT molecular complexity index is 425. The molecule has 0 aliphatic rings. The largest absolute Gasteiger partial charge is 0.422 e. The maximum absolute atomic E-state index is 12.5. The lowest BCUT2D eigenvalue weighted by molar-refractivity contribution is -0.402. The SMILES string of the molecule is O=[N+]([O-])/C=C(\c1ccc(Cl)cc1)C(F)(F)F.